The maximum atomic E-state index is 14.8. The second-order valence-electron chi connectivity index (χ2n) is 6.52. The summed E-state index contributed by atoms with van der Waals surface area (Å²) in [6.07, 6.45) is 2.53. The number of benzene rings is 2. The molecule has 0 spiro atoms. The van der Waals surface area contributed by atoms with Gasteiger partial charge in [0.1, 0.15) is 22.3 Å². The number of pyridine rings is 1. The van der Waals surface area contributed by atoms with Crippen LogP contribution in [0.15, 0.2) is 64.5 Å². The van der Waals surface area contributed by atoms with Crippen LogP contribution >= 0.6 is 11.6 Å². The first-order chi connectivity index (χ1) is 15.1. The van der Waals surface area contributed by atoms with Gasteiger partial charge < -0.3 is 4.74 Å². The molecule has 0 saturated heterocycles. The number of hydrogen-bond donors (Lipinski definition) is 0. The predicted octanol–water partition coefficient (Wildman–Crippen LogP) is 4.76. The molecule has 0 aliphatic carbocycles. The van der Waals surface area contributed by atoms with Crippen LogP contribution in [-0.4, -0.2) is 26.5 Å². The molecule has 3 rings (SSSR count). The minimum Gasteiger partial charge on any atom is -0.466 e. The molecule has 0 N–H and O–H groups in total. The van der Waals surface area contributed by atoms with Gasteiger partial charge in [0.05, 0.1) is 23.9 Å². The molecule has 0 atom stereocenters. The van der Waals surface area contributed by atoms with E-state index < -0.39 is 50.1 Å². The van der Waals surface area contributed by atoms with Crippen molar-refractivity contribution < 1.29 is 31.1 Å². The monoisotopic (exact) mass is 481 g/mol. The quantitative estimate of drug-likeness (QED) is 0.375. The molecular formula is C22H15ClF3NO4S. The maximum absolute atomic E-state index is 14.8. The van der Waals surface area contributed by atoms with Crippen LogP contribution in [0.25, 0.3) is 6.08 Å². The van der Waals surface area contributed by atoms with E-state index in [0.29, 0.717) is 6.07 Å². The Morgan fingerprint density at radius 3 is 2.41 bits per heavy atom. The topological polar surface area (TPSA) is 73.3 Å². The molecule has 0 saturated carbocycles. The third kappa shape index (κ3) is 5.00. The van der Waals surface area contributed by atoms with E-state index >= 15 is 0 Å². The molecular weight excluding hydrogens is 467 g/mol. The number of carbonyl (C=O) groups is 1. The Hall–Kier alpha value is -3.17. The second-order valence-corrected chi connectivity index (χ2v) is 8.84. The number of sulfone groups is 1. The lowest BCUT2D eigenvalue weighted by Crippen LogP contribution is -2.12. The number of hydrogen-bond acceptors (Lipinski definition) is 5. The minimum atomic E-state index is -4.48. The van der Waals surface area contributed by atoms with Gasteiger partial charge in [-0.3, -0.25) is 4.98 Å². The average Bonchev–Trinajstić information content (AvgIpc) is 2.76. The van der Waals surface area contributed by atoms with Gasteiger partial charge in [0.2, 0.25) is 9.84 Å². The van der Waals surface area contributed by atoms with Crippen molar-refractivity contribution in [1.82, 2.24) is 4.98 Å². The molecule has 1 heterocycles. The summed E-state index contributed by atoms with van der Waals surface area (Å²) >= 11 is 5.79. The van der Waals surface area contributed by atoms with Crippen molar-refractivity contribution in [2.24, 2.45) is 0 Å². The number of halogens is 4. The lowest BCUT2D eigenvalue weighted by atomic mass is 10.0. The van der Waals surface area contributed by atoms with Crippen molar-refractivity contribution in [2.75, 3.05) is 7.11 Å². The summed E-state index contributed by atoms with van der Waals surface area (Å²) in [7, 11) is -3.33. The zero-order chi connectivity index (χ0) is 23.5. The van der Waals surface area contributed by atoms with Crippen molar-refractivity contribution in [3.05, 3.63) is 94.0 Å². The standard InChI is InChI=1S/C22H15ClF3NO4S/c1-31-21(28)9-2-13-10-15(24)12-27-20(13)11-17-18(25)7-8-19(26)22(17)32(29,30)16-5-3-14(23)4-6-16/h2-10,12H,11H2,1H3/b9-2+. The van der Waals surface area contributed by atoms with E-state index in [9.17, 15) is 26.4 Å². The van der Waals surface area contributed by atoms with Crippen molar-refractivity contribution in [3.8, 4) is 0 Å². The van der Waals surface area contributed by atoms with Gasteiger partial charge in [-0.25, -0.2) is 26.4 Å². The summed E-state index contributed by atoms with van der Waals surface area (Å²) in [6, 6.07) is 7.48. The number of ether oxygens (including phenoxy) is 1. The molecule has 0 bridgehead atoms. The number of carbonyl (C=O) groups excluding carboxylic acids is 1. The molecule has 1 aromatic heterocycles. The fourth-order valence-corrected chi connectivity index (χ4v) is 4.61. The Kier molecular flexibility index (Phi) is 7.00. The van der Waals surface area contributed by atoms with E-state index in [0.717, 1.165) is 31.5 Å². The molecule has 10 heteroatoms. The van der Waals surface area contributed by atoms with Crippen LogP contribution in [0.4, 0.5) is 13.2 Å². The first-order valence-electron chi connectivity index (χ1n) is 9.01. The first kappa shape index (κ1) is 23.5. The Morgan fingerprint density at radius 1 is 1.09 bits per heavy atom. The Morgan fingerprint density at radius 2 is 1.75 bits per heavy atom. The maximum Gasteiger partial charge on any atom is 0.330 e. The molecule has 2 aromatic carbocycles. The summed E-state index contributed by atoms with van der Waals surface area (Å²) in [5.74, 6) is -3.63. The highest BCUT2D eigenvalue weighted by Gasteiger charge is 2.28. The molecule has 0 aliphatic rings. The van der Waals surface area contributed by atoms with Crippen LogP contribution in [0.1, 0.15) is 16.8 Å². The van der Waals surface area contributed by atoms with E-state index in [4.69, 9.17) is 11.6 Å². The average molecular weight is 482 g/mol. The van der Waals surface area contributed by atoms with E-state index in [1.165, 1.54) is 30.3 Å². The largest absolute Gasteiger partial charge is 0.466 e. The number of esters is 1. The summed E-state index contributed by atoms with van der Waals surface area (Å²) in [5.41, 5.74) is -0.413. The van der Waals surface area contributed by atoms with Gasteiger partial charge in [0.25, 0.3) is 0 Å². The Labute approximate surface area is 187 Å². The number of aromatic nitrogens is 1. The second kappa shape index (κ2) is 9.54. The summed E-state index contributed by atoms with van der Waals surface area (Å²) in [6.45, 7) is 0. The Balaban J connectivity index is 2.15. The van der Waals surface area contributed by atoms with Crippen molar-refractivity contribution in [2.45, 2.75) is 16.2 Å². The van der Waals surface area contributed by atoms with Gasteiger partial charge in [-0.05, 0) is 54.1 Å². The zero-order valence-electron chi connectivity index (χ0n) is 16.5. The zero-order valence-corrected chi connectivity index (χ0v) is 18.1. The van der Waals surface area contributed by atoms with Crippen molar-refractivity contribution >= 4 is 33.5 Å². The third-order valence-corrected chi connectivity index (χ3v) is 6.59. The summed E-state index contributed by atoms with van der Waals surface area (Å²) in [4.78, 5) is 14.1. The highest BCUT2D eigenvalue weighted by Crippen LogP contribution is 2.31. The minimum absolute atomic E-state index is 0.0172. The van der Waals surface area contributed by atoms with Crippen LogP contribution in [0, 0.1) is 17.5 Å². The van der Waals surface area contributed by atoms with Gasteiger partial charge >= 0.3 is 5.97 Å². The van der Waals surface area contributed by atoms with Crippen LogP contribution in [0.3, 0.4) is 0 Å². The molecule has 3 aromatic rings. The number of rotatable bonds is 6. The van der Waals surface area contributed by atoms with Crippen LogP contribution in [0.5, 0.6) is 0 Å². The lowest BCUT2D eigenvalue weighted by molar-refractivity contribution is -0.134. The van der Waals surface area contributed by atoms with Crippen molar-refractivity contribution in [1.29, 1.82) is 0 Å². The van der Waals surface area contributed by atoms with Gasteiger partial charge in [0, 0.05) is 23.1 Å². The molecule has 0 unspecified atom stereocenters. The summed E-state index contributed by atoms with van der Waals surface area (Å²) in [5, 5.41) is 0.265. The molecule has 166 valence electrons. The number of methoxy groups -OCH3 is 1. The van der Waals surface area contributed by atoms with Crippen LogP contribution in [-0.2, 0) is 25.8 Å². The van der Waals surface area contributed by atoms with Gasteiger partial charge in [0.15, 0.2) is 0 Å². The molecule has 0 aliphatic heterocycles. The fraction of sp³-hybridized carbons (Fsp3) is 0.0909. The predicted molar refractivity (Wildman–Crippen MR) is 111 cm³/mol. The molecule has 0 amide bonds. The smallest absolute Gasteiger partial charge is 0.330 e. The van der Waals surface area contributed by atoms with Gasteiger partial charge in [-0.2, -0.15) is 0 Å². The van der Waals surface area contributed by atoms with Gasteiger partial charge in [-0.15, -0.1) is 0 Å². The van der Waals surface area contributed by atoms with E-state index in [1.807, 2.05) is 0 Å². The van der Waals surface area contributed by atoms with E-state index in [-0.39, 0.29) is 21.2 Å². The molecule has 32 heavy (non-hydrogen) atoms. The summed E-state index contributed by atoms with van der Waals surface area (Å²) < 4.78 is 73.9. The third-order valence-electron chi connectivity index (χ3n) is 4.46. The molecule has 0 radical (unpaired) electrons. The van der Waals surface area contributed by atoms with E-state index in [2.05, 4.69) is 9.72 Å². The SMILES string of the molecule is COC(=O)/C=C/c1cc(F)cnc1Cc1c(F)ccc(F)c1S(=O)(=O)c1ccc(Cl)cc1. The normalized spacial score (nSPS) is 11.7. The highest BCUT2D eigenvalue weighted by atomic mass is 35.5. The first-order valence-corrected chi connectivity index (χ1v) is 10.9. The Bertz CT molecular complexity index is 1310. The van der Waals surface area contributed by atoms with Crippen LogP contribution in [0.2, 0.25) is 5.02 Å². The van der Waals surface area contributed by atoms with Crippen LogP contribution < -0.4 is 0 Å². The van der Waals surface area contributed by atoms with Crippen molar-refractivity contribution in [3.63, 3.8) is 0 Å². The number of nitrogens with zero attached hydrogens (tertiary/aromatic N) is 1. The molecule has 0 fully saturated rings. The fourth-order valence-electron chi connectivity index (χ4n) is 2.93. The molecule has 5 nitrogen and oxygen atoms in total. The van der Waals surface area contributed by atoms with Gasteiger partial charge in [-0.1, -0.05) is 11.6 Å². The highest BCUT2D eigenvalue weighted by molar-refractivity contribution is 7.91. The lowest BCUT2D eigenvalue weighted by Gasteiger charge is -2.14. The van der Waals surface area contributed by atoms with E-state index in [1.54, 1.807) is 0 Å².